The van der Waals surface area contributed by atoms with Crippen LogP contribution in [-0.4, -0.2) is 5.11 Å². The van der Waals surface area contributed by atoms with Crippen molar-refractivity contribution in [3.63, 3.8) is 0 Å². The molecule has 0 unspecified atom stereocenters. The van der Waals surface area contributed by atoms with Crippen LogP contribution in [-0.2, 0) is 25.9 Å². The molecule has 1 aliphatic rings. The maximum absolute atomic E-state index is 13.8. The maximum atomic E-state index is 13.8. The van der Waals surface area contributed by atoms with Crippen LogP contribution in [0.15, 0.2) is 39.5 Å². The zero-order chi connectivity index (χ0) is 18.3. The second kappa shape index (κ2) is 6.74. The first-order valence-electron chi connectivity index (χ1n) is 8.60. The molecule has 1 heterocycles. The Labute approximate surface area is 154 Å². The summed E-state index contributed by atoms with van der Waals surface area (Å²) in [6.45, 7) is 0.717. The van der Waals surface area contributed by atoms with Gasteiger partial charge in [0.1, 0.15) is 24.7 Å². The van der Waals surface area contributed by atoms with Gasteiger partial charge in [0.25, 0.3) is 0 Å². The van der Waals surface area contributed by atoms with Crippen molar-refractivity contribution in [2.75, 3.05) is 0 Å². The standard InChI is InChI=1S/C20H17ClFNO3/c21-16-8-14-12-5-3-6-13(12)20(25)26-19(14)15(18(16)24)10-23-9-11-4-1-2-7-17(11)22/h1-2,4,7-8,23-24H,3,5-6,9-10H2/p+1. The fourth-order valence-electron chi connectivity index (χ4n) is 3.66. The third-order valence-electron chi connectivity index (χ3n) is 4.96. The van der Waals surface area contributed by atoms with Gasteiger partial charge in [0.05, 0.1) is 10.6 Å². The van der Waals surface area contributed by atoms with Crippen LogP contribution in [0.4, 0.5) is 4.39 Å². The first-order chi connectivity index (χ1) is 12.6. The Morgan fingerprint density at radius 2 is 1.96 bits per heavy atom. The monoisotopic (exact) mass is 374 g/mol. The van der Waals surface area contributed by atoms with Gasteiger partial charge in [0.15, 0.2) is 5.58 Å². The zero-order valence-electron chi connectivity index (χ0n) is 14.0. The first-order valence-corrected chi connectivity index (χ1v) is 8.98. The highest BCUT2D eigenvalue weighted by Crippen LogP contribution is 2.37. The number of fused-ring (bicyclic) bond motifs is 3. The van der Waals surface area contributed by atoms with E-state index in [1.807, 2.05) is 5.32 Å². The van der Waals surface area contributed by atoms with Crippen molar-refractivity contribution in [3.05, 3.63) is 73.8 Å². The van der Waals surface area contributed by atoms with Gasteiger partial charge >= 0.3 is 5.63 Å². The number of rotatable bonds is 4. The molecular formula is C20H18ClFNO3+. The molecule has 0 spiro atoms. The number of aromatic hydroxyl groups is 1. The molecule has 0 saturated heterocycles. The number of quaternary nitrogens is 1. The summed E-state index contributed by atoms with van der Waals surface area (Å²) in [4.78, 5) is 12.3. The molecule has 0 aliphatic heterocycles. The van der Waals surface area contributed by atoms with Gasteiger partial charge in [-0.2, -0.15) is 0 Å². The van der Waals surface area contributed by atoms with Gasteiger partial charge < -0.3 is 14.8 Å². The van der Waals surface area contributed by atoms with Gasteiger partial charge in [-0.3, -0.25) is 0 Å². The van der Waals surface area contributed by atoms with Gasteiger partial charge in [-0.25, -0.2) is 9.18 Å². The minimum atomic E-state index is -0.345. The minimum absolute atomic E-state index is 0.0925. The molecule has 0 radical (unpaired) electrons. The van der Waals surface area contributed by atoms with Crippen LogP contribution < -0.4 is 10.9 Å². The van der Waals surface area contributed by atoms with Crippen LogP contribution in [0.3, 0.4) is 0 Å². The second-order valence-corrected chi connectivity index (χ2v) is 6.96. The largest absolute Gasteiger partial charge is 0.506 e. The molecule has 0 amide bonds. The molecule has 3 N–H and O–H groups in total. The maximum Gasteiger partial charge on any atom is 0.339 e. The third kappa shape index (κ3) is 2.87. The molecule has 0 fully saturated rings. The number of benzene rings is 2. The summed E-state index contributed by atoms with van der Waals surface area (Å²) in [6, 6.07) is 8.22. The number of phenolic OH excluding ortho intramolecular Hbond substituents is 1. The van der Waals surface area contributed by atoms with E-state index < -0.39 is 0 Å². The Bertz CT molecular complexity index is 1060. The van der Waals surface area contributed by atoms with Crippen LogP contribution in [0, 0.1) is 5.82 Å². The molecule has 4 nitrogen and oxygen atoms in total. The van der Waals surface area contributed by atoms with E-state index in [4.69, 9.17) is 16.0 Å². The van der Waals surface area contributed by atoms with Gasteiger partial charge in [-0.15, -0.1) is 0 Å². The Morgan fingerprint density at radius 1 is 1.19 bits per heavy atom. The van der Waals surface area contributed by atoms with Crippen LogP contribution in [0.25, 0.3) is 11.0 Å². The van der Waals surface area contributed by atoms with E-state index in [2.05, 4.69) is 0 Å². The minimum Gasteiger partial charge on any atom is -0.506 e. The van der Waals surface area contributed by atoms with Crippen molar-refractivity contribution in [2.24, 2.45) is 0 Å². The number of hydrogen-bond acceptors (Lipinski definition) is 3. The van der Waals surface area contributed by atoms with Gasteiger partial charge in [0.2, 0.25) is 0 Å². The van der Waals surface area contributed by atoms with Crippen LogP contribution in [0.5, 0.6) is 5.75 Å². The lowest BCUT2D eigenvalue weighted by Crippen LogP contribution is -2.80. The zero-order valence-corrected chi connectivity index (χ0v) is 14.8. The molecular weight excluding hydrogens is 357 g/mol. The SMILES string of the molecule is O=c1oc2c(C[NH2+]Cc3ccccc3F)c(O)c(Cl)cc2c2c1CCC2. The van der Waals surface area contributed by atoms with E-state index in [9.17, 15) is 14.3 Å². The highest BCUT2D eigenvalue weighted by molar-refractivity contribution is 6.33. The molecule has 26 heavy (non-hydrogen) atoms. The molecule has 4 rings (SSSR count). The van der Waals surface area contributed by atoms with Crippen molar-refractivity contribution < 1.29 is 19.2 Å². The Kier molecular flexibility index (Phi) is 4.42. The second-order valence-electron chi connectivity index (χ2n) is 6.55. The van der Waals surface area contributed by atoms with Crippen molar-refractivity contribution in [1.29, 1.82) is 0 Å². The summed E-state index contributed by atoms with van der Waals surface area (Å²) in [6.07, 6.45) is 2.42. The first kappa shape index (κ1) is 17.1. The summed E-state index contributed by atoms with van der Waals surface area (Å²) in [7, 11) is 0. The third-order valence-corrected chi connectivity index (χ3v) is 5.24. The lowest BCUT2D eigenvalue weighted by molar-refractivity contribution is -0.686. The summed E-state index contributed by atoms with van der Waals surface area (Å²) in [5.41, 5.74) is 2.75. The summed E-state index contributed by atoms with van der Waals surface area (Å²) in [5, 5.41) is 13.3. The van der Waals surface area contributed by atoms with Crippen LogP contribution in [0.1, 0.15) is 28.7 Å². The van der Waals surface area contributed by atoms with E-state index >= 15 is 0 Å². The number of hydrogen-bond donors (Lipinski definition) is 2. The Balaban J connectivity index is 1.72. The number of aryl methyl sites for hydroxylation is 1. The molecule has 0 saturated carbocycles. The summed E-state index contributed by atoms with van der Waals surface area (Å²) < 4.78 is 19.3. The van der Waals surface area contributed by atoms with Crippen molar-refractivity contribution >= 4 is 22.6 Å². The molecule has 6 heteroatoms. The Morgan fingerprint density at radius 3 is 2.77 bits per heavy atom. The fraction of sp³-hybridized carbons (Fsp3) is 0.250. The predicted octanol–water partition coefficient (Wildman–Crippen LogP) is 3.04. The molecule has 0 bridgehead atoms. The van der Waals surface area contributed by atoms with E-state index in [-0.39, 0.29) is 22.2 Å². The number of halogens is 2. The fourth-order valence-corrected chi connectivity index (χ4v) is 3.88. The van der Waals surface area contributed by atoms with E-state index in [1.165, 1.54) is 6.07 Å². The summed E-state index contributed by atoms with van der Waals surface area (Å²) >= 11 is 6.21. The predicted molar refractivity (Wildman–Crippen MR) is 96.9 cm³/mol. The van der Waals surface area contributed by atoms with Crippen LogP contribution in [0.2, 0.25) is 5.02 Å². The van der Waals surface area contributed by atoms with Crippen molar-refractivity contribution in [2.45, 2.75) is 32.4 Å². The van der Waals surface area contributed by atoms with E-state index in [1.54, 1.807) is 24.3 Å². The molecule has 3 aromatic rings. The molecule has 1 aliphatic carbocycles. The number of nitrogens with two attached hydrogens (primary N) is 1. The Hall–Kier alpha value is -2.37. The lowest BCUT2D eigenvalue weighted by atomic mass is 10.0. The lowest BCUT2D eigenvalue weighted by Gasteiger charge is -2.11. The van der Waals surface area contributed by atoms with Crippen molar-refractivity contribution in [3.8, 4) is 5.75 Å². The topological polar surface area (TPSA) is 67.0 Å². The quantitative estimate of drug-likeness (QED) is 0.690. The van der Waals surface area contributed by atoms with Gasteiger partial charge in [0, 0.05) is 16.5 Å². The average Bonchev–Trinajstić information content (AvgIpc) is 3.12. The van der Waals surface area contributed by atoms with Crippen LogP contribution >= 0.6 is 11.6 Å². The molecule has 2 aromatic carbocycles. The smallest absolute Gasteiger partial charge is 0.339 e. The number of phenols is 1. The normalized spacial score (nSPS) is 13.3. The molecule has 1 aromatic heterocycles. The highest BCUT2D eigenvalue weighted by Gasteiger charge is 2.24. The highest BCUT2D eigenvalue weighted by atomic mass is 35.5. The van der Waals surface area contributed by atoms with Crippen molar-refractivity contribution in [1.82, 2.24) is 0 Å². The van der Waals surface area contributed by atoms with Gasteiger partial charge in [-0.05, 0) is 37.0 Å². The molecule has 134 valence electrons. The summed E-state index contributed by atoms with van der Waals surface area (Å²) in [5.74, 6) is -0.363. The van der Waals surface area contributed by atoms with E-state index in [0.717, 1.165) is 23.8 Å². The molecule has 0 atom stereocenters. The van der Waals surface area contributed by atoms with Gasteiger partial charge in [-0.1, -0.05) is 29.8 Å². The average molecular weight is 375 g/mol. The van der Waals surface area contributed by atoms with E-state index in [0.29, 0.717) is 41.8 Å².